The van der Waals surface area contributed by atoms with Crippen molar-refractivity contribution in [1.82, 2.24) is 5.32 Å². The normalized spacial score (nSPS) is 23.8. The molecule has 0 aromatic rings. The van der Waals surface area contributed by atoms with Crippen LogP contribution in [-0.4, -0.2) is 63.9 Å². The lowest BCUT2D eigenvalue weighted by molar-refractivity contribution is -0.135. The fourth-order valence-electron chi connectivity index (χ4n) is 2.19. The molecule has 0 radical (unpaired) electrons. The monoisotopic (exact) mass is 328 g/mol. The summed E-state index contributed by atoms with van der Waals surface area (Å²) in [5, 5.41) is 40.2. The molecule has 128 valence electrons. The third-order valence-corrected chi connectivity index (χ3v) is 3.25. The number of allylic oxidation sites excluding steroid dienone is 2. The van der Waals surface area contributed by atoms with Gasteiger partial charge in [0, 0.05) is 12.8 Å². The maximum absolute atomic E-state index is 11.1. The lowest BCUT2D eigenvalue weighted by Gasteiger charge is -2.34. The van der Waals surface area contributed by atoms with Crippen molar-refractivity contribution >= 4 is 17.7 Å². The highest BCUT2D eigenvalue weighted by Gasteiger charge is 2.38. The zero-order valence-corrected chi connectivity index (χ0v) is 12.9. The highest BCUT2D eigenvalue weighted by atomic mass is 16.5. The molecule has 0 heterocycles. The fraction of sp³-hybridized carbons (Fsp3) is 0.500. The minimum atomic E-state index is -1.58. The standard InChI is InChI=1S/C14H20N2O7/c1-3-8(13(20)21)16-10-5-14(22,7-17)4-9(12(10)23-2)15-6-11(18)19/h3,16-17,22H,4-7H2,1-2H3,(H,18,19)(H,20,21)/b8-3-,15-9?. The Kier molecular flexibility index (Phi) is 6.28. The average Bonchev–Trinajstić information content (AvgIpc) is 2.49. The highest BCUT2D eigenvalue weighted by Crippen LogP contribution is 2.30. The number of aliphatic carboxylic acids is 2. The van der Waals surface area contributed by atoms with Gasteiger partial charge in [-0.3, -0.25) is 9.79 Å². The Balaban J connectivity index is 3.30. The van der Waals surface area contributed by atoms with Crippen molar-refractivity contribution in [2.45, 2.75) is 25.4 Å². The molecular formula is C14H20N2O7. The van der Waals surface area contributed by atoms with Gasteiger partial charge in [0.1, 0.15) is 12.2 Å². The third-order valence-electron chi connectivity index (χ3n) is 3.25. The molecule has 1 rings (SSSR count). The van der Waals surface area contributed by atoms with E-state index in [9.17, 15) is 19.8 Å². The summed E-state index contributed by atoms with van der Waals surface area (Å²) in [6.07, 6.45) is 1.12. The molecule has 0 aliphatic heterocycles. The Morgan fingerprint density at radius 1 is 1.39 bits per heavy atom. The van der Waals surface area contributed by atoms with Gasteiger partial charge in [-0.2, -0.15) is 0 Å². The van der Waals surface area contributed by atoms with E-state index in [4.69, 9.17) is 14.9 Å². The molecule has 23 heavy (non-hydrogen) atoms. The van der Waals surface area contributed by atoms with E-state index in [0.717, 1.165) is 0 Å². The third kappa shape index (κ3) is 4.80. The van der Waals surface area contributed by atoms with Crippen LogP contribution in [0.1, 0.15) is 19.8 Å². The largest absolute Gasteiger partial charge is 0.493 e. The zero-order chi connectivity index (χ0) is 17.6. The number of rotatable bonds is 7. The van der Waals surface area contributed by atoms with Crippen LogP contribution in [0.2, 0.25) is 0 Å². The van der Waals surface area contributed by atoms with Crippen molar-refractivity contribution in [2.24, 2.45) is 4.99 Å². The van der Waals surface area contributed by atoms with Crippen LogP contribution in [0.4, 0.5) is 0 Å². The number of aliphatic imine (C=N–C) groups is 1. The predicted octanol–water partition coefficient (Wildman–Crippen LogP) is -0.535. The summed E-state index contributed by atoms with van der Waals surface area (Å²) in [5.41, 5.74) is -1.38. The minimum Gasteiger partial charge on any atom is -0.493 e. The van der Waals surface area contributed by atoms with E-state index < -0.39 is 30.7 Å². The second-order valence-electron chi connectivity index (χ2n) is 5.04. The van der Waals surface area contributed by atoms with Crippen LogP contribution in [0.5, 0.6) is 0 Å². The molecule has 0 aromatic heterocycles. The molecule has 0 fully saturated rings. The van der Waals surface area contributed by atoms with E-state index in [0.29, 0.717) is 0 Å². The summed E-state index contributed by atoms with van der Waals surface area (Å²) in [4.78, 5) is 25.7. The van der Waals surface area contributed by atoms with E-state index in [2.05, 4.69) is 10.3 Å². The van der Waals surface area contributed by atoms with Gasteiger partial charge in [-0.15, -0.1) is 0 Å². The first-order chi connectivity index (χ1) is 10.8. The van der Waals surface area contributed by atoms with Gasteiger partial charge in [0.25, 0.3) is 0 Å². The van der Waals surface area contributed by atoms with E-state index in [-0.39, 0.29) is 35.7 Å². The number of nitrogens with zero attached hydrogens (tertiary/aromatic N) is 1. The van der Waals surface area contributed by atoms with E-state index >= 15 is 0 Å². The molecule has 0 amide bonds. The van der Waals surface area contributed by atoms with Gasteiger partial charge in [-0.25, -0.2) is 4.79 Å². The van der Waals surface area contributed by atoms with Gasteiger partial charge < -0.3 is 30.5 Å². The van der Waals surface area contributed by atoms with Crippen molar-refractivity contribution in [3.63, 3.8) is 0 Å². The van der Waals surface area contributed by atoms with E-state index in [1.54, 1.807) is 0 Å². The molecule has 5 N–H and O–H groups in total. The van der Waals surface area contributed by atoms with Crippen molar-refractivity contribution < 1.29 is 34.8 Å². The van der Waals surface area contributed by atoms with Gasteiger partial charge >= 0.3 is 11.9 Å². The highest BCUT2D eigenvalue weighted by molar-refractivity contribution is 6.01. The quantitative estimate of drug-likeness (QED) is 0.391. The maximum atomic E-state index is 11.1. The van der Waals surface area contributed by atoms with Crippen molar-refractivity contribution in [3.8, 4) is 0 Å². The number of aliphatic hydroxyl groups is 2. The Bertz CT molecular complexity index is 580. The second-order valence-corrected chi connectivity index (χ2v) is 5.04. The number of ether oxygens (including phenoxy) is 1. The first-order valence-electron chi connectivity index (χ1n) is 6.78. The van der Waals surface area contributed by atoms with Crippen LogP contribution < -0.4 is 5.32 Å². The molecular weight excluding hydrogens is 308 g/mol. The lowest BCUT2D eigenvalue weighted by atomic mass is 9.85. The molecule has 1 aliphatic rings. The fourth-order valence-corrected chi connectivity index (χ4v) is 2.19. The van der Waals surface area contributed by atoms with Crippen molar-refractivity contribution in [1.29, 1.82) is 0 Å². The molecule has 0 bridgehead atoms. The number of methoxy groups -OCH3 is 1. The molecule has 0 saturated heterocycles. The number of carboxylic acid groups (broad SMARTS) is 2. The van der Waals surface area contributed by atoms with E-state index in [1.165, 1.54) is 20.1 Å². The van der Waals surface area contributed by atoms with E-state index in [1.807, 2.05) is 0 Å². The summed E-state index contributed by atoms with van der Waals surface area (Å²) in [6.45, 7) is 0.385. The number of nitrogens with one attached hydrogen (secondary N) is 1. The van der Waals surface area contributed by atoms with Gasteiger partial charge in [-0.1, -0.05) is 6.08 Å². The maximum Gasteiger partial charge on any atom is 0.351 e. The molecule has 1 atom stereocenters. The van der Waals surface area contributed by atoms with Crippen molar-refractivity contribution in [2.75, 3.05) is 20.3 Å². The first-order valence-corrected chi connectivity index (χ1v) is 6.78. The molecule has 1 unspecified atom stereocenters. The van der Waals surface area contributed by atoms with Crippen LogP contribution in [0.3, 0.4) is 0 Å². The first kappa shape index (κ1) is 18.7. The molecule has 1 aliphatic carbocycles. The molecule has 0 saturated carbocycles. The SMILES string of the molecule is C/C=C(\NC1=C(OC)C(=NCC(=O)O)CC(O)(CO)C1)C(=O)O. The number of carbonyl (C=O) groups is 2. The van der Waals surface area contributed by atoms with Gasteiger partial charge in [0.2, 0.25) is 0 Å². The molecule has 9 heteroatoms. The second kappa shape index (κ2) is 7.75. The smallest absolute Gasteiger partial charge is 0.351 e. The van der Waals surface area contributed by atoms with Gasteiger partial charge in [0.05, 0.1) is 30.7 Å². The predicted molar refractivity (Wildman–Crippen MR) is 79.8 cm³/mol. The Labute approximate surface area is 132 Å². The minimum absolute atomic E-state index is 0.0939. The topological polar surface area (TPSA) is 149 Å². The van der Waals surface area contributed by atoms with Crippen molar-refractivity contribution in [3.05, 3.63) is 23.2 Å². The average molecular weight is 328 g/mol. The zero-order valence-electron chi connectivity index (χ0n) is 12.9. The summed E-state index contributed by atoms with van der Waals surface area (Å²) in [7, 11) is 1.33. The summed E-state index contributed by atoms with van der Waals surface area (Å²) in [6, 6.07) is 0. The van der Waals surface area contributed by atoms with Crippen LogP contribution in [0.25, 0.3) is 0 Å². The summed E-state index contributed by atoms with van der Waals surface area (Å²) >= 11 is 0. The molecule has 0 spiro atoms. The molecule has 0 aromatic carbocycles. The van der Waals surface area contributed by atoms with Crippen LogP contribution in [0.15, 0.2) is 28.2 Å². The Hall–Kier alpha value is -2.39. The van der Waals surface area contributed by atoms with Crippen LogP contribution >= 0.6 is 0 Å². The van der Waals surface area contributed by atoms with Gasteiger partial charge in [0.15, 0.2) is 5.76 Å². The number of aliphatic hydroxyl groups excluding tert-OH is 1. The number of hydrogen-bond acceptors (Lipinski definition) is 7. The lowest BCUT2D eigenvalue weighted by Crippen LogP contribution is -2.43. The van der Waals surface area contributed by atoms with Gasteiger partial charge in [-0.05, 0) is 6.92 Å². The Morgan fingerprint density at radius 2 is 2.04 bits per heavy atom. The summed E-state index contributed by atoms with van der Waals surface area (Å²) < 4.78 is 5.19. The number of hydrogen-bond donors (Lipinski definition) is 5. The van der Waals surface area contributed by atoms with Crippen LogP contribution in [0, 0.1) is 0 Å². The summed E-state index contributed by atoms with van der Waals surface area (Å²) in [5.74, 6) is -2.22. The Morgan fingerprint density at radius 3 is 2.48 bits per heavy atom. The molecule has 9 nitrogen and oxygen atoms in total. The van der Waals surface area contributed by atoms with Crippen LogP contribution in [-0.2, 0) is 14.3 Å². The number of carboxylic acids is 2.